The number of rotatable bonds is 14. The molecular formula is C11H19N3O10. The van der Waals surface area contributed by atoms with Gasteiger partial charge in [-0.2, -0.15) is 0 Å². The maximum Gasteiger partial charge on any atom is 0.322 e. The molecule has 0 heterocycles. The summed E-state index contributed by atoms with van der Waals surface area (Å²) in [7, 11) is 0. The number of carbonyl (C=O) groups excluding carboxylic acids is 2. The van der Waals surface area contributed by atoms with Gasteiger partial charge in [-0.1, -0.05) is 0 Å². The molecule has 2 N–H and O–H groups in total. The van der Waals surface area contributed by atoms with Gasteiger partial charge in [0.2, 0.25) is 0 Å². The topological polar surface area (TPSA) is 183 Å². The van der Waals surface area contributed by atoms with Crippen LogP contribution in [-0.4, -0.2) is 54.6 Å². The monoisotopic (exact) mass is 353 g/mol. The van der Waals surface area contributed by atoms with Crippen LogP contribution in [0.5, 0.6) is 0 Å². The van der Waals surface area contributed by atoms with E-state index in [4.69, 9.17) is 15.2 Å². The van der Waals surface area contributed by atoms with Gasteiger partial charge in [0.15, 0.2) is 0 Å². The fourth-order valence-corrected chi connectivity index (χ4v) is 1.33. The molecule has 138 valence electrons. The molecule has 0 amide bonds. The summed E-state index contributed by atoms with van der Waals surface area (Å²) in [4.78, 5) is 50.6. The number of nitrogens with zero attached hydrogens (tertiary/aromatic N) is 2. The third-order valence-electron chi connectivity index (χ3n) is 2.44. The van der Waals surface area contributed by atoms with E-state index in [1.807, 2.05) is 0 Å². The van der Waals surface area contributed by atoms with E-state index in [-0.39, 0.29) is 52.1 Å². The number of nitrogens with two attached hydrogens (primary N) is 1. The lowest BCUT2D eigenvalue weighted by molar-refractivity contribution is -0.757. The molecule has 24 heavy (non-hydrogen) atoms. The second kappa shape index (κ2) is 12.8. The minimum Gasteiger partial charge on any atom is -0.466 e. The molecule has 0 spiro atoms. The Kier molecular flexibility index (Phi) is 11.4. The van der Waals surface area contributed by atoms with Gasteiger partial charge in [0, 0.05) is 19.3 Å². The van der Waals surface area contributed by atoms with E-state index in [0.717, 1.165) is 0 Å². The zero-order valence-electron chi connectivity index (χ0n) is 12.8. The number of hydrogen-bond acceptors (Lipinski definition) is 11. The zero-order chi connectivity index (χ0) is 18.4. The summed E-state index contributed by atoms with van der Waals surface area (Å²) in [6.45, 7) is -0.543. The Morgan fingerprint density at radius 2 is 1.42 bits per heavy atom. The largest absolute Gasteiger partial charge is 0.466 e. The highest BCUT2D eigenvalue weighted by molar-refractivity contribution is 5.77. The van der Waals surface area contributed by atoms with Crippen molar-refractivity contribution in [2.24, 2.45) is 5.73 Å². The normalized spacial score (nSPS) is 11.2. The number of esters is 2. The van der Waals surface area contributed by atoms with E-state index in [2.05, 4.69) is 9.68 Å². The van der Waals surface area contributed by atoms with Gasteiger partial charge in [-0.05, 0) is 6.42 Å². The number of carbonyl (C=O) groups is 2. The Balaban J connectivity index is 3.65. The first-order chi connectivity index (χ1) is 11.3. The van der Waals surface area contributed by atoms with Crippen molar-refractivity contribution in [2.45, 2.75) is 31.7 Å². The SMILES string of the molecule is NC(CCC(=O)OCCCO[N+](=O)[O-])C(=O)OCCCO[N+](=O)[O-]. The van der Waals surface area contributed by atoms with Crippen LogP contribution < -0.4 is 5.73 Å². The van der Waals surface area contributed by atoms with Gasteiger partial charge in [-0.3, -0.25) is 9.59 Å². The predicted molar refractivity (Wildman–Crippen MR) is 74.3 cm³/mol. The maximum atomic E-state index is 11.5. The van der Waals surface area contributed by atoms with Crippen LogP contribution >= 0.6 is 0 Å². The molecule has 1 atom stereocenters. The minimum atomic E-state index is -1.04. The van der Waals surface area contributed by atoms with Gasteiger partial charge in [-0.15, -0.1) is 20.2 Å². The van der Waals surface area contributed by atoms with Crippen molar-refractivity contribution in [1.82, 2.24) is 0 Å². The van der Waals surface area contributed by atoms with Crippen molar-refractivity contribution < 1.29 is 38.9 Å². The predicted octanol–water partition coefficient (Wildman–Crippen LogP) is -0.623. The second-order valence-electron chi connectivity index (χ2n) is 4.35. The van der Waals surface area contributed by atoms with E-state index in [9.17, 15) is 29.8 Å². The van der Waals surface area contributed by atoms with Gasteiger partial charge in [-0.25, -0.2) is 0 Å². The van der Waals surface area contributed by atoms with E-state index in [0.29, 0.717) is 0 Å². The molecule has 13 nitrogen and oxygen atoms in total. The van der Waals surface area contributed by atoms with Gasteiger partial charge in [0.05, 0.1) is 26.4 Å². The van der Waals surface area contributed by atoms with Crippen molar-refractivity contribution in [2.75, 3.05) is 26.4 Å². The molecule has 0 saturated carbocycles. The summed E-state index contributed by atoms with van der Waals surface area (Å²) in [5, 5.41) is 17.8. The van der Waals surface area contributed by atoms with Crippen LogP contribution in [0.1, 0.15) is 25.7 Å². The quantitative estimate of drug-likeness (QED) is 0.181. The lowest BCUT2D eigenvalue weighted by Gasteiger charge is -2.11. The highest BCUT2D eigenvalue weighted by Crippen LogP contribution is 2.01. The third kappa shape index (κ3) is 13.0. The lowest BCUT2D eigenvalue weighted by Crippen LogP contribution is -2.33. The Bertz CT molecular complexity index is 430. The Morgan fingerprint density at radius 3 is 1.92 bits per heavy atom. The highest BCUT2D eigenvalue weighted by atomic mass is 17.0. The van der Waals surface area contributed by atoms with E-state index < -0.39 is 28.2 Å². The summed E-state index contributed by atoms with van der Waals surface area (Å²) < 4.78 is 9.51. The molecule has 0 aliphatic rings. The first-order valence-corrected chi connectivity index (χ1v) is 6.95. The van der Waals surface area contributed by atoms with E-state index in [1.54, 1.807) is 0 Å². The van der Waals surface area contributed by atoms with Crippen LogP contribution in [-0.2, 0) is 28.7 Å². The van der Waals surface area contributed by atoms with E-state index >= 15 is 0 Å². The molecule has 0 saturated heterocycles. The van der Waals surface area contributed by atoms with Crippen molar-refractivity contribution in [1.29, 1.82) is 0 Å². The highest BCUT2D eigenvalue weighted by Gasteiger charge is 2.17. The standard InChI is InChI=1S/C11H19N3O10/c12-9(11(16)22-6-2-8-24-14(19)20)3-4-10(15)21-5-1-7-23-13(17)18/h9H,1-8,12H2. The summed E-state index contributed by atoms with van der Waals surface area (Å²) >= 11 is 0. The molecule has 0 bridgehead atoms. The van der Waals surface area contributed by atoms with Crippen LogP contribution in [0.4, 0.5) is 0 Å². The molecule has 0 radical (unpaired) electrons. The molecule has 0 fully saturated rings. The van der Waals surface area contributed by atoms with Gasteiger partial charge < -0.3 is 24.9 Å². The molecule has 0 aliphatic heterocycles. The second-order valence-corrected chi connectivity index (χ2v) is 4.35. The summed E-state index contributed by atoms with van der Waals surface area (Å²) in [5.74, 6) is -1.36. The minimum absolute atomic E-state index is 0.00549. The van der Waals surface area contributed by atoms with Crippen LogP contribution in [0.15, 0.2) is 0 Å². The van der Waals surface area contributed by atoms with Crippen LogP contribution in [0.3, 0.4) is 0 Å². The first kappa shape index (κ1) is 21.3. The smallest absolute Gasteiger partial charge is 0.322 e. The average Bonchev–Trinajstić information content (AvgIpc) is 2.51. The molecule has 0 aromatic carbocycles. The maximum absolute atomic E-state index is 11.5. The van der Waals surface area contributed by atoms with Crippen LogP contribution in [0.25, 0.3) is 0 Å². The Hall–Kier alpha value is -2.70. The third-order valence-corrected chi connectivity index (χ3v) is 2.44. The van der Waals surface area contributed by atoms with Crippen molar-refractivity contribution in [3.63, 3.8) is 0 Å². The van der Waals surface area contributed by atoms with Gasteiger partial charge in [0.1, 0.15) is 6.04 Å². The summed E-state index contributed by atoms with van der Waals surface area (Å²) in [6, 6.07) is -1.04. The lowest BCUT2D eigenvalue weighted by atomic mass is 10.2. The fourth-order valence-electron chi connectivity index (χ4n) is 1.33. The van der Waals surface area contributed by atoms with Gasteiger partial charge in [0.25, 0.3) is 10.2 Å². The molecule has 0 aromatic heterocycles. The van der Waals surface area contributed by atoms with E-state index in [1.165, 1.54) is 0 Å². The van der Waals surface area contributed by atoms with Crippen LogP contribution in [0, 0.1) is 20.2 Å². The molecule has 13 heteroatoms. The summed E-state index contributed by atoms with van der Waals surface area (Å²) in [6.07, 6.45) is 0.159. The van der Waals surface area contributed by atoms with Crippen molar-refractivity contribution in [3.8, 4) is 0 Å². The number of hydrogen-bond donors (Lipinski definition) is 1. The summed E-state index contributed by atoms with van der Waals surface area (Å²) in [5.41, 5.74) is 5.52. The molecule has 0 rings (SSSR count). The molecular weight excluding hydrogens is 334 g/mol. The van der Waals surface area contributed by atoms with Crippen molar-refractivity contribution >= 4 is 11.9 Å². The van der Waals surface area contributed by atoms with Crippen molar-refractivity contribution in [3.05, 3.63) is 20.2 Å². The van der Waals surface area contributed by atoms with Gasteiger partial charge >= 0.3 is 11.9 Å². The zero-order valence-corrected chi connectivity index (χ0v) is 12.8. The van der Waals surface area contributed by atoms with Crippen LogP contribution in [0.2, 0.25) is 0 Å². The average molecular weight is 353 g/mol. The molecule has 0 aromatic rings. The first-order valence-electron chi connectivity index (χ1n) is 6.95. The Labute approximate surface area is 136 Å². The number of ether oxygens (including phenoxy) is 2. The molecule has 1 unspecified atom stereocenters. The Morgan fingerprint density at radius 1 is 0.917 bits per heavy atom. The molecule has 0 aliphatic carbocycles. The fraction of sp³-hybridized carbons (Fsp3) is 0.818.